The van der Waals surface area contributed by atoms with Gasteiger partial charge in [0, 0.05) is 38.2 Å². The van der Waals surface area contributed by atoms with Crippen molar-refractivity contribution in [2.24, 2.45) is 13.0 Å². The van der Waals surface area contributed by atoms with Gasteiger partial charge in [0.1, 0.15) is 17.8 Å². The lowest BCUT2D eigenvalue weighted by Gasteiger charge is -2.28. The number of hydrogen-bond acceptors (Lipinski definition) is 6. The van der Waals surface area contributed by atoms with Crippen molar-refractivity contribution in [1.82, 2.24) is 35.4 Å². The Bertz CT molecular complexity index is 832. The van der Waals surface area contributed by atoms with E-state index in [1.165, 1.54) is 12.5 Å². The minimum atomic E-state index is -0.350. The lowest BCUT2D eigenvalue weighted by molar-refractivity contribution is -0.126. The molecule has 1 aliphatic rings. The van der Waals surface area contributed by atoms with Crippen LogP contribution in [-0.4, -0.2) is 49.1 Å². The van der Waals surface area contributed by atoms with E-state index in [0.29, 0.717) is 13.0 Å². The molecule has 2 aromatic heterocycles. The molecule has 1 saturated carbocycles. The maximum absolute atomic E-state index is 12.3. The van der Waals surface area contributed by atoms with Crippen LogP contribution in [0, 0.1) is 5.92 Å². The highest BCUT2D eigenvalue weighted by Gasteiger charge is 2.27. The summed E-state index contributed by atoms with van der Waals surface area (Å²) < 4.78 is 1.69. The molecule has 3 rings (SSSR count). The van der Waals surface area contributed by atoms with Crippen LogP contribution in [0.15, 0.2) is 23.5 Å². The van der Waals surface area contributed by atoms with E-state index in [0.717, 1.165) is 37.7 Å². The normalized spacial score (nSPS) is 19.4. The quantitative estimate of drug-likeness (QED) is 0.627. The molecule has 2 heterocycles. The van der Waals surface area contributed by atoms with Crippen LogP contribution in [0.25, 0.3) is 0 Å². The zero-order chi connectivity index (χ0) is 19.2. The zero-order valence-electron chi connectivity index (χ0n) is 15.1. The van der Waals surface area contributed by atoms with Gasteiger partial charge in [0.2, 0.25) is 5.91 Å². The second-order valence-electron chi connectivity index (χ2n) is 6.66. The number of carbonyl (C=O) groups excluding carboxylic acids is 2. The molecular formula is C17H23N7O3. The average Bonchev–Trinajstić information content (AvgIpc) is 3.07. The highest BCUT2D eigenvalue weighted by atomic mass is 16.2. The fourth-order valence-corrected chi connectivity index (χ4v) is 3.21. The molecule has 2 amide bonds. The highest BCUT2D eigenvalue weighted by molar-refractivity contribution is 5.92. The van der Waals surface area contributed by atoms with Crippen molar-refractivity contribution in [1.29, 1.82) is 0 Å². The van der Waals surface area contributed by atoms with E-state index in [1.807, 2.05) is 7.05 Å². The molecule has 10 nitrogen and oxygen atoms in total. The molecule has 0 radical (unpaired) electrons. The van der Waals surface area contributed by atoms with Gasteiger partial charge in [-0.05, 0) is 25.7 Å². The molecule has 10 heteroatoms. The second kappa shape index (κ2) is 8.56. The van der Waals surface area contributed by atoms with Crippen LogP contribution in [0.1, 0.15) is 42.0 Å². The maximum atomic E-state index is 12.3. The zero-order valence-corrected chi connectivity index (χ0v) is 15.1. The first-order valence-corrected chi connectivity index (χ1v) is 8.99. The van der Waals surface area contributed by atoms with Crippen LogP contribution in [0.4, 0.5) is 0 Å². The predicted octanol–water partition coefficient (Wildman–Crippen LogP) is -0.454. The fourth-order valence-electron chi connectivity index (χ4n) is 3.21. The largest absolute Gasteiger partial charge is 0.355 e. The summed E-state index contributed by atoms with van der Waals surface area (Å²) in [5.74, 6) is 0.522. The van der Waals surface area contributed by atoms with Crippen molar-refractivity contribution < 1.29 is 9.59 Å². The highest BCUT2D eigenvalue weighted by Crippen LogP contribution is 2.24. The number of H-pyrrole nitrogens is 1. The monoisotopic (exact) mass is 373 g/mol. The Hall–Kier alpha value is -3.04. The topological polar surface area (TPSA) is 135 Å². The number of rotatable bonds is 6. The molecule has 144 valence electrons. The molecule has 0 saturated heterocycles. The third kappa shape index (κ3) is 4.99. The van der Waals surface area contributed by atoms with Crippen molar-refractivity contribution in [3.63, 3.8) is 0 Å². The maximum Gasteiger partial charge on any atom is 0.271 e. The van der Waals surface area contributed by atoms with E-state index >= 15 is 0 Å². The van der Waals surface area contributed by atoms with Crippen molar-refractivity contribution in [2.45, 2.75) is 38.1 Å². The molecule has 3 N–H and O–H groups in total. The molecule has 1 aliphatic carbocycles. The number of carbonyl (C=O) groups is 2. The Morgan fingerprint density at radius 1 is 1.26 bits per heavy atom. The summed E-state index contributed by atoms with van der Waals surface area (Å²) in [5.41, 5.74) is -0.171. The SMILES string of the molecule is Cn1ncnc1CCNC(=O)C1CCC(NC(=O)c2c[nH]c(=O)cn2)CC1. The first-order chi connectivity index (χ1) is 13.0. The number of amides is 2. The third-order valence-electron chi connectivity index (χ3n) is 4.79. The Labute approximate surface area is 155 Å². The number of aryl methyl sites for hydroxylation is 1. The summed E-state index contributed by atoms with van der Waals surface area (Å²) in [6, 6.07) is 0.00826. The average molecular weight is 373 g/mol. The van der Waals surface area contributed by atoms with Crippen molar-refractivity contribution in [2.75, 3.05) is 6.54 Å². The van der Waals surface area contributed by atoms with Crippen molar-refractivity contribution in [3.8, 4) is 0 Å². The number of hydrogen-bond donors (Lipinski definition) is 3. The van der Waals surface area contributed by atoms with Crippen molar-refractivity contribution in [3.05, 3.63) is 40.6 Å². The van der Waals surface area contributed by atoms with Crippen LogP contribution in [0.5, 0.6) is 0 Å². The van der Waals surface area contributed by atoms with Gasteiger partial charge in [0.05, 0.1) is 6.20 Å². The number of aromatic amines is 1. The van der Waals surface area contributed by atoms with Crippen LogP contribution in [0.3, 0.4) is 0 Å². The van der Waals surface area contributed by atoms with Gasteiger partial charge in [-0.1, -0.05) is 0 Å². The van der Waals surface area contributed by atoms with Crippen LogP contribution in [-0.2, 0) is 18.3 Å². The van der Waals surface area contributed by atoms with E-state index < -0.39 is 0 Å². The third-order valence-corrected chi connectivity index (χ3v) is 4.79. The van der Waals surface area contributed by atoms with Gasteiger partial charge in [0.15, 0.2) is 0 Å². The van der Waals surface area contributed by atoms with Gasteiger partial charge >= 0.3 is 0 Å². The van der Waals surface area contributed by atoms with Crippen molar-refractivity contribution >= 4 is 11.8 Å². The van der Waals surface area contributed by atoms with E-state index in [2.05, 4.69) is 30.7 Å². The van der Waals surface area contributed by atoms with E-state index in [4.69, 9.17) is 0 Å². The first-order valence-electron chi connectivity index (χ1n) is 8.99. The molecule has 0 unspecified atom stereocenters. The van der Waals surface area contributed by atoms with Crippen LogP contribution < -0.4 is 16.2 Å². The Morgan fingerprint density at radius 3 is 2.67 bits per heavy atom. The predicted molar refractivity (Wildman–Crippen MR) is 95.8 cm³/mol. The smallest absolute Gasteiger partial charge is 0.271 e. The Balaban J connectivity index is 1.39. The summed E-state index contributed by atoms with van der Waals surface area (Å²) in [6.07, 6.45) is 7.42. The lowest BCUT2D eigenvalue weighted by atomic mass is 9.85. The number of nitrogens with one attached hydrogen (secondary N) is 3. The van der Waals surface area contributed by atoms with Gasteiger partial charge in [0.25, 0.3) is 11.5 Å². The molecular weight excluding hydrogens is 350 g/mol. The lowest BCUT2D eigenvalue weighted by Crippen LogP contribution is -2.41. The molecule has 27 heavy (non-hydrogen) atoms. The summed E-state index contributed by atoms with van der Waals surface area (Å²) in [6.45, 7) is 0.528. The summed E-state index contributed by atoms with van der Waals surface area (Å²) in [4.78, 5) is 45.8. The van der Waals surface area contributed by atoms with Gasteiger partial charge in [-0.2, -0.15) is 5.10 Å². The minimum Gasteiger partial charge on any atom is -0.355 e. The van der Waals surface area contributed by atoms with Gasteiger partial charge in [-0.3, -0.25) is 19.1 Å². The van der Waals surface area contributed by atoms with Crippen LogP contribution >= 0.6 is 0 Å². The fraction of sp³-hybridized carbons (Fsp3) is 0.529. The Morgan fingerprint density at radius 2 is 2.04 bits per heavy atom. The van der Waals surface area contributed by atoms with Gasteiger partial charge < -0.3 is 15.6 Å². The second-order valence-corrected chi connectivity index (χ2v) is 6.66. The van der Waals surface area contributed by atoms with E-state index in [9.17, 15) is 14.4 Å². The number of aromatic nitrogens is 5. The summed E-state index contributed by atoms with van der Waals surface area (Å²) in [5, 5.41) is 9.86. The summed E-state index contributed by atoms with van der Waals surface area (Å²) >= 11 is 0. The molecule has 0 atom stereocenters. The molecule has 2 aromatic rings. The number of nitrogens with zero attached hydrogens (tertiary/aromatic N) is 4. The molecule has 1 fully saturated rings. The first kappa shape index (κ1) is 18.7. The Kier molecular flexibility index (Phi) is 5.94. The summed E-state index contributed by atoms with van der Waals surface area (Å²) in [7, 11) is 1.82. The van der Waals surface area contributed by atoms with Crippen LogP contribution in [0.2, 0.25) is 0 Å². The van der Waals surface area contributed by atoms with E-state index in [1.54, 1.807) is 4.68 Å². The molecule has 0 bridgehead atoms. The van der Waals surface area contributed by atoms with Gasteiger partial charge in [-0.15, -0.1) is 0 Å². The molecule has 0 spiro atoms. The van der Waals surface area contributed by atoms with Gasteiger partial charge in [-0.25, -0.2) is 9.97 Å². The van der Waals surface area contributed by atoms with E-state index in [-0.39, 0.29) is 35.0 Å². The molecule has 0 aromatic carbocycles. The molecule has 0 aliphatic heterocycles. The standard InChI is InChI=1S/C17H23N7O3/c1-24-14(21-10-22-24)6-7-18-16(26)11-2-4-12(5-3-11)23-17(27)13-8-20-15(25)9-19-13/h8-12H,2-7H2,1H3,(H,18,26)(H,20,25)(H,23,27). The minimum absolute atomic E-state index is 0.00826.